The number of carbonyl (C=O) groups is 1. The monoisotopic (exact) mass is 392 g/mol. The van der Waals surface area contributed by atoms with Gasteiger partial charge in [-0.3, -0.25) is 4.79 Å². The quantitative estimate of drug-likeness (QED) is 0.488. The number of para-hydroxylation sites is 1. The summed E-state index contributed by atoms with van der Waals surface area (Å²) >= 11 is 2.10. The van der Waals surface area contributed by atoms with Crippen LogP contribution >= 0.6 is 22.6 Å². The van der Waals surface area contributed by atoms with Gasteiger partial charge in [-0.1, -0.05) is 24.3 Å². The summed E-state index contributed by atoms with van der Waals surface area (Å²) in [6.45, 7) is 0. The largest absolute Gasteiger partial charge is 0.320 e. The number of nitriles is 1. The maximum atomic E-state index is 12.8. The number of nitrogens with one attached hydrogen (secondary N) is 1. The van der Waals surface area contributed by atoms with Gasteiger partial charge in [0, 0.05) is 3.57 Å². The molecule has 2 aromatic carbocycles. The topological polar surface area (TPSA) is 52.9 Å². The molecule has 0 radical (unpaired) electrons. The summed E-state index contributed by atoms with van der Waals surface area (Å²) in [7, 11) is 0. The van der Waals surface area contributed by atoms with Gasteiger partial charge in [0.25, 0.3) is 5.91 Å². The molecule has 0 heterocycles. The van der Waals surface area contributed by atoms with E-state index in [0.717, 1.165) is 3.57 Å². The lowest BCUT2D eigenvalue weighted by atomic mass is 10.1. The van der Waals surface area contributed by atoms with Gasteiger partial charge in [0.1, 0.15) is 17.5 Å². The normalized spacial score (nSPS) is 10.8. The number of hydrogen-bond donors (Lipinski definition) is 1. The number of hydrogen-bond acceptors (Lipinski definition) is 2. The van der Waals surface area contributed by atoms with Crippen LogP contribution in [0.15, 0.2) is 54.1 Å². The molecule has 0 aromatic heterocycles. The summed E-state index contributed by atoms with van der Waals surface area (Å²) in [6.07, 6.45) is 1.42. The molecule has 0 fully saturated rings. The molecule has 0 bridgehead atoms. The Kier molecular flexibility index (Phi) is 5.06. The van der Waals surface area contributed by atoms with Crippen LogP contribution in [0.4, 0.5) is 10.1 Å². The van der Waals surface area contributed by atoms with E-state index in [1.54, 1.807) is 12.1 Å². The van der Waals surface area contributed by atoms with Crippen LogP contribution < -0.4 is 5.32 Å². The lowest BCUT2D eigenvalue weighted by molar-refractivity contribution is -0.112. The molecule has 2 rings (SSSR count). The number of nitrogens with zero attached hydrogens (tertiary/aromatic N) is 1. The molecular formula is C16H10FIN2O. The Morgan fingerprint density at radius 1 is 1.19 bits per heavy atom. The van der Waals surface area contributed by atoms with Crippen molar-refractivity contribution in [2.24, 2.45) is 0 Å². The van der Waals surface area contributed by atoms with Gasteiger partial charge in [0.15, 0.2) is 0 Å². The molecule has 0 aliphatic rings. The fourth-order valence-electron chi connectivity index (χ4n) is 1.63. The molecule has 1 amide bonds. The predicted molar refractivity (Wildman–Crippen MR) is 87.8 cm³/mol. The van der Waals surface area contributed by atoms with E-state index in [1.807, 2.05) is 18.2 Å². The van der Waals surface area contributed by atoms with Gasteiger partial charge in [0.05, 0.1) is 5.69 Å². The van der Waals surface area contributed by atoms with Crippen molar-refractivity contribution in [3.63, 3.8) is 0 Å². The van der Waals surface area contributed by atoms with Gasteiger partial charge in [-0.05, 0) is 58.5 Å². The summed E-state index contributed by atoms with van der Waals surface area (Å²) in [5.41, 5.74) is 1.19. The summed E-state index contributed by atoms with van der Waals surface area (Å²) in [6, 6.07) is 14.7. The Morgan fingerprint density at radius 2 is 1.86 bits per heavy atom. The van der Waals surface area contributed by atoms with Crippen molar-refractivity contribution in [3.05, 3.63) is 69.1 Å². The van der Waals surface area contributed by atoms with Crippen molar-refractivity contribution in [1.82, 2.24) is 0 Å². The molecule has 1 N–H and O–H groups in total. The molecule has 0 atom stereocenters. The highest BCUT2D eigenvalue weighted by Crippen LogP contribution is 2.18. The first-order chi connectivity index (χ1) is 10.1. The Morgan fingerprint density at radius 3 is 2.48 bits per heavy atom. The summed E-state index contributed by atoms with van der Waals surface area (Å²) in [4.78, 5) is 12.1. The number of amides is 1. The molecule has 0 saturated carbocycles. The second kappa shape index (κ2) is 6.99. The third-order valence-corrected chi connectivity index (χ3v) is 3.61. The Hall–Kier alpha value is -2.20. The van der Waals surface area contributed by atoms with E-state index in [9.17, 15) is 9.18 Å². The lowest BCUT2D eigenvalue weighted by Gasteiger charge is -2.06. The van der Waals surface area contributed by atoms with Crippen LogP contribution in [-0.2, 0) is 4.79 Å². The molecular weight excluding hydrogens is 382 g/mol. The minimum atomic E-state index is -0.494. The number of carbonyl (C=O) groups excluding carboxylic acids is 1. The smallest absolute Gasteiger partial charge is 0.266 e. The zero-order valence-corrected chi connectivity index (χ0v) is 13.0. The van der Waals surface area contributed by atoms with Crippen molar-refractivity contribution in [2.45, 2.75) is 0 Å². The van der Waals surface area contributed by atoms with Gasteiger partial charge in [-0.15, -0.1) is 0 Å². The van der Waals surface area contributed by atoms with Gasteiger partial charge in [-0.25, -0.2) is 4.39 Å². The van der Waals surface area contributed by atoms with Gasteiger partial charge < -0.3 is 5.32 Å². The standard InChI is InChI=1S/C16H10FIN2O/c17-13-7-5-11(6-8-13)9-12(10-19)16(21)20-15-4-2-1-3-14(15)18/h1-9H,(H,20,21)/b12-9+. The fraction of sp³-hybridized carbons (Fsp3) is 0. The van der Waals surface area contributed by atoms with E-state index in [-0.39, 0.29) is 11.4 Å². The van der Waals surface area contributed by atoms with Crippen LogP contribution in [-0.4, -0.2) is 5.91 Å². The van der Waals surface area contributed by atoms with E-state index in [2.05, 4.69) is 27.9 Å². The van der Waals surface area contributed by atoms with Crippen LogP contribution in [0.1, 0.15) is 5.56 Å². The third kappa shape index (κ3) is 4.13. The second-order valence-electron chi connectivity index (χ2n) is 4.16. The first-order valence-corrected chi connectivity index (χ1v) is 7.11. The van der Waals surface area contributed by atoms with Crippen LogP contribution in [0, 0.1) is 20.7 Å². The summed E-state index contributed by atoms with van der Waals surface area (Å²) in [5, 5.41) is 11.8. The third-order valence-electron chi connectivity index (χ3n) is 2.67. The maximum Gasteiger partial charge on any atom is 0.266 e. The highest BCUT2D eigenvalue weighted by Gasteiger charge is 2.10. The second-order valence-corrected chi connectivity index (χ2v) is 5.32. The van der Waals surface area contributed by atoms with Crippen LogP contribution in [0.5, 0.6) is 0 Å². The van der Waals surface area contributed by atoms with Crippen molar-refractivity contribution in [1.29, 1.82) is 5.26 Å². The average Bonchev–Trinajstić information content (AvgIpc) is 2.49. The van der Waals surface area contributed by atoms with Gasteiger partial charge in [0.2, 0.25) is 0 Å². The molecule has 5 heteroatoms. The molecule has 0 unspecified atom stereocenters. The molecule has 0 aliphatic carbocycles. The van der Waals surface area contributed by atoms with Crippen molar-refractivity contribution in [3.8, 4) is 6.07 Å². The molecule has 2 aromatic rings. The van der Waals surface area contributed by atoms with Crippen molar-refractivity contribution >= 4 is 40.3 Å². The Balaban J connectivity index is 2.21. The number of anilines is 1. The van der Waals surface area contributed by atoms with Crippen LogP contribution in [0.25, 0.3) is 6.08 Å². The number of benzene rings is 2. The zero-order valence-electron chi connectivity index (χ0n) is 10.8. The molecule has 21 heavy (non-hydrogen) atoms. The molecule has 0 aliphatic heterocycles. The molecule has 104 valence electrons. The van der Waals surface area contributed by atoms with E-state index in [0.29, 0.717) is 11.3 Å². The lowest BCUT2D eigenvalue weighted by Crippen LogP contribution is -2.14. The first kappa shape index (κ1) is 15.2. The van der Waals surface area contributed by atoms with E-state index in [4.69, 9.17) is 5.26 Å². The van der Waals surface area contributed by atoms with Gasteiger partial charge >= 0.3 is 0 Å². The highest BCUT2D eigenvalue weighted by atomic mass is 127. The van der Waals surface area contributed by atoms with Gasteiger partial charge in [-0.2, -0.15) is 5.26 Å². The zero-order chi connectivity index (χ0) is 15.2. The maximum absolute atomic E-state index is 12.8. The minimum Gasteiger partial charge on any atom is -0.320 e. The first-order valence-electron chi connectivity index (χ1n) is 6.03. The fourth-order valence-corrected chi connectivity index (χ4v) is 2.15. The number of rotatable bonds is 3. The van der Waals surface area contributed by atoms with Crippen LogP contribution in [0.2, 0.25) is 0 Å². The van der Waals surface area contributed by atoms with E-state index >= 15 is 0 Å². The Labute approximate surface area is 135 Å². The predicted octanol–water partition coefficient (Wildman–Crippen LogP) is 3.98. The number of halogens is 2. The van der Waals surface area contributed by atoms with E-state index in [1.165, 1.54) is 30.3 Å². The van der Waals surface area contributed by atoms with Crippen molar-refractivity contribution < 1.29 is 9.18 Å². The molecule has 3 nitrogen and oxygen atoms in total. The summed E-state index contributed by atoms with van der Waals surface area (Å²) in [5.74, 6) is -0.861. The Bertz CT molecular complexity index is 733. The van der Waals surface area contributed by atoms with Crippen LogP contribution in [0.3, 0.4) is 0 Å². The average molecular weight is 392 g/mol. The summed E-state index contributed by atoms with van der Waals surface area (Å²) < 4.78 is 13.7. The van der Waals surface area contributed by atoms with Crippen molar-refractivity contribution in [2.75, 3.05) is 5.32 Å². The SMILES string of the molecule is N#C/C(=C\c1ccc(F)cc1)C(=O)Nc1ccccc1I. The minimum absolute atomic E-state index is 0.0405. The highest BCUT2D eigenvalue weighted by molar-refractivity contribution is 14.1. The molecule has 0 spiro atoms. The van der Waals surface area contributed by atoms with E-state index < -0.39 is 5.91 Å². The molecule has 0 saturated heterocycles.